The molecule has 0 fully saturated rings. The number of nitrogens with zero attached hydrogens (tertiary/aromatic N) is 4. The summed E-state index contributed by atoms with van der Waals surface area (Å²) < 4.78 is 4.18. The molecule has 0 saturated carbocycles. The topological polar surface area (TPSA) is 35.6 Å². The average molecular weight is 508 g/mol. The van der Waals surface area contributed by atoms with Gasteiger partial charge < -0.3 is 9.13 Å². The predicted molar refractivity (Wildman–Crippen MR) is 96.3 cm³/mol. The molecule has 5 heteroatoms. The van der Waals surface area contributed by atoms with Crippen LogP contribution in [0, 0.1) is 26.8 Å². The molecule has 0 aliphatic carbocycles. The minimum Gasteiger partial charge on any atom is -0.374 e. The zero-order valence-electron chi connectivity index (χ0n) is 14.7. The van der Waals surface area contributed by atoms with Crippen molar-refractivity contribution in [3.8, 4) is 17.1 Å². The Morgan fingerprint density at radius 3 is 2.48 bits per heavy atom. The third-order valence-corrected chi connectivity index (χ3v) is 4.41. The van der Waals surface area contributed by atoms with E-state index in [2.05, 4.69) is 53.5 Å². The van der Waals surface area contributed by atoms with Gasteiger partial charge in [-0.2, -0.15) is 0 Å². The van der Waals surface area contributed by atoms with Crippen LogP contribution < -0.4 is 0 Å². The van der Waals surface area contributed by atoms with E-state index < -0.39 is 0 Å². The molecule has 25 heavy (non-hydrogen) atoms. The normalized spacial score (nSPS) is 10.9. The monoisotopic (exact) mass is 508 g/mol. The number of hydrogen-bond donors (Lipinski definition) is 0. The van der Waals surface area contributed by atoms with Crippen LogP contribution >= 0.6 is 0 Å². The van der Waals surface area contributed by atoms with Gasteiger partial charge in [0.05, 0.1) is 12.2 Å². The van der Waals surface area contributed by atoms with E-state index in [0.717, 1.165) is 22.4 Å². The zero-order chi connectivity index (χ0) is 16.8. The van der Waals surface area contributed by atoms with E-state index in [-0.39, 0.29) is 20.1 Å². The van der Waals surface area contributed by atoms with E-state index in [1.165, 1.54) is 22.4 Å². The summed E-state index contributed by atoms with van der Waals surface area (Å²) in [6.07, 6.45) is 5.69. The summed E-state index contributed by atoms with van der Waals surface area (Å²) >= 11 is 0. The van der Waals surface area contributed by atoms with Gasteiger partial charge in [0.15, 0.2) is 0 Å². The molecule has 0 aliphatic rings. The number of rotatable bonds is 2. The molecule has 0 N–H and O–H groups in total. The molecular formula is C20H19IrN4-. The van der Waals surface area contributed by atoms with Gasteiger partial charge in [0.25, 0.3) is 0 Å². The maximum Gasteiger partial charge on any atom is 0.0852 e. The van der Waals surface area contributed by atoms with E-state index in [4.69, 9.17) is 0 Å². The van der Waals surface area contributed by atoms with E-state index in [1.807, 2.05) is 42.5 Å². The standard InChI is InChI=1S/C20H19N4.Ir/c1-13-10-14(2)18(15(3)11-13)24-9-8-21-20(24)16-6-5-7-17-19(16)23(4)12-22-17;/h5,7-12H,1-4H3;/q-1;. The minimum absolute atomic E-state index is 0. The second-order valence-electron chi connectivity index (χ2n) is 6.31. The van der Waals surface area contributed by atoms with Crippen LogP contribution in [0.2, 0.25) is 0 Å². The van der Waals surface area contributed by atoms with Crippen LogP contribution in [-0.4, -0.2) is 19.1 Å². The summed E-state index contributed by atoms with van der Waals surface area (Å²) in [5.74, 6) is 0.888. The van der Waals surface area contributed by atoms with Crippen molar-refractivity contribution < 1.29 is 20.1 Å². The molecular weight excluding hydrogens is 488 g/mol. The van der Waals surface area contributed by atoms with E-state index in [1.54, 1.807) is 0 Å². The Hall–Kier alpha value is -2.23. The van der Waals surface area contributed by atoms with Crippen molar-refractivity contribution in [2.75, 3.05) is 0 Å². The van der Waals surface area contributed by atoms with Crippen molar-refractivity contribution >= 4 is 11.0 Å². The van der Waals surface area contributed by atoms with Crippen LogP contribution in [0.25, 0.3) is 28.1 Å². The first-order chi connectivity index (χ1) is 11.6. The van der Waals surface area contributed by atoms with Crippen molar-refractivity contribution in [1.29, 1.82) is 0 Å². The SMILES string of the molecule is Cc1cc(C)c(-n2ccnc2-c2[c-]ccc3ncn(C)c23)c(C)c1.[Ir]. The number of aromatic nitrogens is 4. The smallest absolute Gasteiger partial charge is 0.0852 e. The van der Waals surface area contributed by atoms with E-state index in [9.17, 15) is 0 Å². The van der Waals surface area contributed by atoms with Gasteiger partial charge in [0, 0.05) is 50.8 Å². The van der Waals surface area contributed by atoms with Crippen molar-refractivity contribution in [3.05, 3.63) is 65.7 Å². The molecule has 4 nitrogen and oxygen atoms in total. The van der Waals surface area contributed by atoms with Crippen molar-refractivity contribution in [2.45, 2.75) is 20.8 Å². The van der Waals surface area contributed by atoms with Gasteiger partial charge in [-0.25, -0.2) is 0 Å². The third kappa shape index (κ3) is 2.84. The molecule has 0 atom stereocenters. The van der Waals surface area contributed by atoms with Gasteiger partial charge in [0.1, 0.15) is 0 Å². The van der Waals surface area contributed by atoms with Gasteiger partial charge in [-0.3, -0.25) is 9.97 Å². The summed E-state index contributed by atoms with van der Waals surface area (Å²) in [5.41, 5.74) is 7.91. The Morgan fingerprint density at radius 2 is 1.76 bits per heavy atom. The van der Waals surface area contributed by atoms with Crippen LogP contribution in [0.4, 0.5) is 0 Å². The summed E-state index contributed by atoms with van der Waals surface area (Å²) in [6.45, 7) is 6.42. The van der Waals surface area contributed by atoms with Gasteiger partial charge in [-0.05, 0) is 37.4 Å². The van der Waals surface area contributed by atoms with Crippen LogP contribution in [0.5, 0.6) is 0 Å². The molecule has 0 unspecified atom stereocenters. The summed E-state index contributed by atoms with van der Waals surface area (Å²) in [7, 11) is 2.00. The maximum absolute atomic E-state index is 4.63. The number of aryl methyl sites for hydroxylation is 4. The molecule has 2 heterocycles. The molecule has 0 saturated heterocycles. The van der Waals surface area contributed by atoms with Gasteiger partial charge in [-0.15, -0.1) is 18.2 Å². The maximum atomic E-state index is 4.63. The molecule has 129 valence electrons. The van der Waals surface area contributed by atoms with E-state index >= 15 is 0 Å². The van der Waals surface area contributed by atoms with Crippen LogP contribution in [0.3, 0.4) is 0 Å². The fraction of sp³-hybridized carbons (Fsp3) is 0.200. The third-order valence-electron chi connectivity index (χ3n) is 4.41. The number of fused-ring (bicyclic) bond motifs is 1. The average Bonchev–Trinajstić information content (AvgIpc) is 3.14. The predicted octanol–water partition coefficient (Wildman–Crippen LogP) is 4.15. The summed E-state index contributed by atoms with van der Waals surface area (Å²) in [4.78, 5) is 9.07. The Labute approximate surface area is 160 Å². The first-order valence-corrected chi connectivity index (χ1v) is 8.00. The molecule has 0 spiro atoms. The molecule has 0 aliphatic heterocycles. The van der Waals surface area contributed by atoms with Crippen molar-refractivity contribution in [2.24, 2.45) is 7.05 Å². The molecule has 0 bridgehead atoms. The molecule has 2 aromatic heterocycles. The molecule has 4 rings (SSSR count). The second kappa shape index (κ2) is 6.58. The fourth-order valence-electron chi connectivity index (χ4n) is 3.54. The van der Waals surface area contributed by atoms with E-state index in [0.29, 0.717) is 0 Å². The van der Waals surface area contributed by atoms with Gasteiger partial charge in [-0.1, -0.05) is 23.3 Å². The molecule has 4 aromatic rings. The fourth-order valence-corrected chi connectivity index (χ4v) is 3.54. The first kappa shape index (κ1) is 17.6. The Bertz CT molecular complexity index is 1040. The van der Waals surface area contributed by atoms with Crippen molar-refractivity contribution in [1.82, 2.24) is 19.1 Å². The molecule has 0 amide bonds. The number of benzene rings is 2. The quantitative estimate of drug-likeness (QED) is 0.382. The first-order valence-electron chi connectivity index (χ1n) is 8.00. The van der Waals surface area contributed by atoms with Crippen LogP contribution in [0.15, 0.2) is 43.0 Å². The Kier molecular flexibility index (Phi) is 4.63. The summed E-state index contributed by atoms with van der Waals surface area (Å²) in [6, 6.07) is 11.7. The molecule has 1 radical (unpaired) electrons. The van der Waals surface area contributed by atoms with Crippen LogP contribution in [-0.2, 0) is 27.2 Å². The van der Waals surface area contributed by atoms with Gasteiger partial charge in [0.2, 0.25) is 0 Å². The zero-order valence-corrected chi connectivity index (χ0v) is 17.1. The number of hydrogen-bond acceptors (Lipinski definition) is 2. The summed E-state index contributed by atoms with van der Waals surface area (Å²) in [5, 5.41) is 0. The largest absolute Gasteiger partial charge is 0.374 e. The van der Waals surface area contributed by atoms with Crippen molar-refractivity contribution in [3.63, 3.8) is 0 Å². The minimum atomic E-state index is 0. The Morgan fingerprint density at radius 1 is 1.04 bits per heavy atom. The van der Waals surface area contributed by atoms with Crippen LogP contribution in [0.1, 0.15) is 16.7 Å². The van der Waals surface area contributed by atoms with Gasteiger partial charge >= 0.3 is 0 Å². The second-order valence-corrected chi connectivity index (χ2v) is 6.31. The Balaban J connectivity index is 0.00000182. The number of imidazole rings is 2. The molecule has 2 aromatic carbocycles.